The Morgan fingerprint density at radius 1 is 1.39 bits per heavy atom. The molecular formula is C12H12INO4. The minimum absolute atomic E-state index is 0.0652. The van der Waals surface area contributed by atoms with Gasteiger partial charge in [-0.2, -0.15) is 0 Å². The van der Waals surface area contributed by atoms with E-state index in [1.807, 2.05) is 22.6 Å². The summed E-state index contributed by atoms with van der Waals surface area (Å²) < 4.78 is 0.675. The fourth-order valence-corrected chi connectivity index (χ4v) is 2.31. The first-order chi connectivity index (χ1) is 8.49. The van der Waals surface area contributed by atoms with Crippen LogP contribution in [0.3, 0.4) is 0 Å². The summed E-state index contributed by atoms with van der Waals surface area (Å²) in [4.78, 5) is 24.4. The van der Waals surface area contributed by atoms with Crippen LogP contribution in [0.15, 0.2) is 18.2 Å². The third kappa shape index (κ3) is 2.58. The maximum Gasteiger partial charge on any atom is 0.308 e. The molecule has 0 radical (unpaired) electrons. The molecular weight excluding hydrogens is 349 g/mol. The Balaban J connectivity index is 2.12. The highest BCUT2D eigenvalue weighted by Gasteiger charge is 2.31. The maximum absolute atomic E-state index is 12.1. The average Bonchev–Trinajstić information content (AvgIpc) is 2.81. The minimum atomic E-state index is -0.865. The summed E-state index contributed by atoms with van der Waals surface area (Å²) in [7, 11) is 0. The lowest BCUT2D eigenvalue weighted by Crippen LogP contribution is -2.29. The minimum Gasteiger partial charge on any atom is -0.507 e. The maximum atomic E-state index is 12.1. The molecule has 6 heteroatoms. The Morgan fingerprint density at radius 2 is 2.11 bits per heavy atom. The van der Waals surface area contributed by atoms with Crippen molar-refractivity contribution in [3.05, 3.63) is 27.3 Å². The lowest BCUT2D eigenvalue weighted by molar-refractivity contribution is -0.141. The molecule has 5 nitrogen and oxygen atoms in total. The number of phenolic OH excluding ortho intramolecular Hbond substituents is 1. The van der Waals surface area contributed by atoms with E-state index in [0.29, 0.717) is 22.1 Å². The van der Waals surface area contributed by atoms with Crippen LogP contribution in [-0.2, 0) is 4.79 Å². The Kier molecular flexibility index (Phi) is 3.74. The van der Waals surface area contributed by atoms with E-state index in [1.54, 1.807) is 12.1 Å². The van der Waals surface area contributed by atoms with Crippen LogP contribution in [0, 0.1) is 9.49 Å². The molecule has 1 heterocycles. The summed E-state index contributed by atoms with van der Waals surface area (Å²) in [5.74, 6) is -1.51. The smallest absolute Gasteiger partial charge is 0.308 e. The van der Waals surface area contributed by atoms with Crippen molar-refractivity contribution >= 4 is 34.5 Å². The number of halogens is 1. The number of carbonyl (C=O) groups excluding carboxylic acids is 1. The molecule has 0 aromatic heterocycles. The van der Waals surface area contributed by atoms with Crippen molar-refractivity contribution in [3.63, 3.8) is 0 Å². The zero-order valence-corrected chi connectivity index (χ0v) is 11.6. The van der Waals surface area contributed by atoms with Crippen molar-refractivity contribution in [1.29, 1.82) is 0 Å². The van der Waals surface area contributed by atoms with Crippen LogP contribution in [0.2, 0.25) is 0 Å². The summed E-state index contributed by atoms with van der Waals surface area (Å²) in [6.45, 7) is 0.684. The third-order valence-corrected chi connectivity index (χ3v) is 3.93. The summed E-state index contributed by atoms with van der Waals surface area (Å²) in [6.07, 6.45) is 0.484. The van der Waals surface area contributed by atoms with Crippen LogP contribution < -0.4 is 0 Å². The fraction of sp³-hybridized carbons (Fsp3) is 0.333. The molecule has 1 fully saturated rings. The molecule has 1 aromatic rings. The van der Waals surface area contributed by atoms with Gasteiger partial charge in [-0.3, -0.25) is 9.59 Å². The van der Waals surface area contributed by atoms with Gasteiger partial charge in [0.05, 0.1) is 9.49 Å². The molecule has 0 bridgehead atoms. The van der Waals surface area contributed by atoms with Crippen molar-refractivity contribution < 1.29 is 19.8 Å². The standard InChI is InChI=1S/C12H12INO4/c13-9-2-1-7(5-10(9)15)11(16)14-4-3-8(6-14)12(17)18/h1-2,5,8,15H,3-4,6H2,(H,17,18). The van der Waals surface area contributed by atoms with E-state index < -0.39 is 11.9 Å². The first-order valence-corrected chi connectivity index (χ1v) is 6.57. The van der Waals surface area contributed by atoms with Gasteiger partial charge in [0.1, 0.15) is 5.75 Å². The Bertz CT molecular complexity index is 503. The SMILES string of the molecule is O=C(O)C1CCN(C(=O)c2ccc(I)c(O)c2)C1. The fourth-order valence-electron chi connectivity index (χ4n) is 1.97. The van der Waals surface area contributed by atoms with Crippen molar-refractivity contribution in [2.24, 2.45) is 5.92 Å². The number of carboxylic acids is 1. The molecule has 1 aliphatic rings. The summed E-state index contributed by atoms with van der Waals surface area (Å²) in [5.41, 5.74) is 0.388. The van der Waals surface area contributed by atoms with E-state index in [0.717, 1.165) is 0 Å². The number of likely N-dealkylation sites (tertiary alicyclic amines) is 1. The average molecular weight is 361 g/mol. The van der Waals surface area contributed by atoms with E-state index >= 15 is 0 Å². The number of aromatic hydroxyl groups is 1. The number of phenols is 1. The number of hydrogen-bond donors (Lipinski definition) is 2. The molecule has 0 saturated carbocycles. The van der Waals surface area contributed by atoms with Crippen molar-refractivity contribution in [1.82, 2.24) is 4.90 Å². The zero-order chi connectivity index (χ0) is 13.3. The topological polar surface area (TPSA) is 77.8 Å². The molecule has 2 rings (SSSR count). The van der Waals surface area contributed by atoms with Crippen LogP contribution in [0.5, 0.6) is 5.75 Å². The monoisotopic (exact) mass is 361 g/mol. The Morgan fingerprint density at radius 3 is 2.67 bits per heavy atom. The lowest BCUT2D eigenvalue weighted by atomic mass is 10.1. The summed E-state index contributed by atoms with van der Waals surface area (Å²) in [5, 5.41) is 18.4. The number of rotatable bonds is 2. The summed E-state index contributed by atoms with van der Waals surface area (Å²) in [6, 6.07) is 4.71. The van der Waals surface area contributed by atoms with Crippen molar-refractivity contribution in [2.45, 2.75) is 6.42 Å². The van der Waals surface area contributed by atoms with Crippen LogP contribution in [-0.4, -0.2) is 40.1 Å². The van der Waals surface area contributed by atoms with Crippen LogP contribution in [0.1, 0.15) is 16.8 Å². The number of benzene rings is 1. The Hall–Kier alpha value is -1.31. The summed E-state index contributed by atoms with van der Waals surface area (Å²) >= 11 is 1.97. The van der Waals surface area contributed by atoms with Gasteiger partial charge >= 0.3 is 5.97 Å². The number of nitrogens with zero attached hydrogens (tertiary/aromatic N) is 1. The van der Waals surface area contributed by atoms with E-state index in [-0.39, 0.29) is 18.2 Å². The molecule has 0 spiro atoms. The normalized spacial score (nSPS) is 18.9. The van der Waals surface area contributed by atoms with Gasteiger partial charge in [-0.25, -0.2) is 0 Å². The van der Waals surface area contributed by atoms with Gasteiger partial charge in [0.15, 0.2) is 0 Å². The third-order valence-electron chi connectivity index (χ3n) is 3.02. The molecule has 1 atom stereocenters. The Labute approximate surface area is 118 Å². The first-order valence-electron chi connectivity index (χ1n) is 5.49. The van der Waals surface area contributed by atoms with Crippen molar-refractivity contribution in [3.8, 4) is 5.75 Å². The van der Waals surface area contributed by atoms with Crippen LogP contribution in [0.25, 0.3) is 0 Å². The second-order valence-electron chi connectivity index (χ2n) is 4.24. The largest absolute Gasteiger partial charge is 0.507 e. The molecule has 1 unspecified atom stereocenters. The van der Waals surface area contributed by atoms with Gasteiger partial charge in [-0.1, -0.05) is 0 Å². The van der Waals surface area contributed by atoms with Crippen LogP contribution >= 0.6 is 22.6 Å². The highest BCUT2D eigenvalue weighted by atomic mass is 127. The molecule has 0 aliphatic carbocycles. The number of amides is 1. The van der Waals surface area contributed by atoms with E-state index in [4.69, 9.17) is 5.11 Å². The zero-order valence-electron chi connectivity index (χ0n) is 9.47. The lowest BCUT2D eigenvalue weighted by Gasteiger charge is -2.16. The first kappa shape index (κ1) is 13.1. The molecule has 1 saturated heterocycles. The second-order valence-corrected chi connectivity index (χ2v) is 5.40. The molecule has 1 aliphatic heterocycles. The number of carboxylic acid groups (broad SMARTS) is 1. The van der Waals surface area contributed by atoms with Gasteiger partial charge in [-0.15, -0.1) is 0 Å². The second kappa shape index (κ2) is 5.13. The predicted octanol–water partition coefficient (Wildman–Crippen LogP) is 1.54. The molecule has 18 heavy (non-hydrogen) atoms. The predicted molar refractivity (Wildman–Crippen MR) is 72.5 cm³/mol. The molecule has 1 aromatic carbocycles. The van der Waals surface area contributed by atoms with E-state index in [9.17, 15) is 14.7 Å². The highest BCUT2D eigenvalue weighted by Crippen LogP contribution is 2.23. The van der Waals surface area contributed by atoms with Gasteiger partial charge in [0, 0.05) is 18.7 Å². The van der Waals surface area contributed by atoms with Crippen LogP contribution in [0.4, 0.5) is 0 Å². The van der Waals surface area contributed by atoms with Gasteiger partial charge in [0.25, 0.3) is 5.91 Å². The van der Waals surface area contributed by atoms with E-state index in [2.05, 4.69) is 0 Å². The number of aliphatic carboxylic acids is 1. The molecule has 96 valence electrons. The number of hydrogen-bond acceptors (Lipinski definition) is 3. The van der Waals surface area contributed by atoms with E-state index in [1.165, 1.54) is 11.0 Å². The highest BCUT2D eigenvalue weighted by molar-refractivity contribution is 14.1. The van der Waals surface area contributed by atoms with Gasteiger partial charge in [-0.05, 0) is 47.2 Å². The number of carbonyl (C=O) groups is 2. The molecule has 1 amide bonds. The van der Waals surface area contributed by atoms with Gasteiger partial charge in [0.2, 0.25) is 0 Å². The molecule has 2 N–H and O–H groups in total. The van der Waals surface area contributed by atoms with Gasteiger partial charge < -0.3 is 15.1 Å². The quantitative estimate of drug-likeness (QED) is 0.784. The van der Waals surface area contributed by atoms with Crippen molar-refractivity contribution in [2.75, 3.05) is 13.1 Å².